The molecule has 0 aliphatic heterocycles. The van der Waals surface area contributed by atoms with Crippen LogP contribution in [0.4, 0.5) is 0 Å². The molecule has 3 heteroatoms. The Kier molecular flexibility index (Phi) is 26.0. The first kappa shape index (κ1) is 27.0. The van der Waals surface area contributed by atoms with Gasteiger partial charge >= 0.3 is 7.69 Å². The Labute approximate surface area is 172 Å². The minimum absolute atomic E-state index is 0.814. The molecule has 0 bridgehead atoms. The first-order valence-electron chi connectivity index (χ1n) is 12.5. The van der Waals surface area contributed by atoms with Gasteiger partial charge in [0.15, 0.2) is 0 Å². The van der Waals surface area contributed by atoms with Gasteiger partial charge in [0.25, 0.3) is 0 Å². The molecule has 0 rings (SSSR count). The van der Waals surface area contributed by atoms with Gasteiger partial charge in [0.1, 0.15) is 0 Å². The lowest BCUT2D eigenvalue weighted by molar-refractivity contribution is 0.213. The minimum atomic E-state index is 0.814. The average molecular weight is 381 g/mol. The molecule has 0 N–H and O–H groups in total. The van der Waals surface area contributed by atoms with E-state index in [1.165, 1.54) is 116 Å². The Bertz CT molecular complexity index is 225. The molecule has 1 radical (unpaired) electrons. The van der Waals surface area contributed by atoms with Gasteiger partial charge in [-0.1, -0.05) is 129 Å². The summed E-state index contributed by atoms with van der Waals surface area (Å²) in [5, 5.41) is 0. The molecule has 0 saturated carbocycles. The summed E-state index contributed by atoms with van der Waals surface area (Å²) in [6.07, 6.45) is 27.3. The van der Waals surface area contributed by atoms with Gasteiger partial charge in [-0.3, -0.25) is 0 Å². The molecule has 0 aromatic carbocycles. The van der Waals surface area contributed by atoms with Crippen molar-refractivity contribution in [2.45, 2.75) is 142 Å². The first-order valence-corrected chi connectivity index (χ1v) is 12.5. The molecule has 0 atom stereocenters. The van der Waals surface area contributed by atoms with E-state index in [0.717, 1.165) is 26.1 Å². The second-order valence-corrected chi connectivity index (χ2v) is 8.20. The third-order valence-corrected chi connectivity index (χ3v) is 5.37. The van der Waals surface area contributed by atoms with Gasteiger partial charge in [0.2, 0.25) is 0 Å². The van der Waals surface area contributed by atoms with E-state index >= 15 is 0 Å². The second-order valence-electron chi connectivity index (χ2n) is 8.20. The fourth-order valence-corrected chi connectivity index (χ4v) is 3.49. The summed E-state index contributed by atoms with van der Waals surface area (Å²) in [6, 6.07) is 0. The van der Waals surface area contributed by atoms with Crippen LogP contribution in [-0.4, -0.2) is 20.9 Å². The van der Waals surface area contributed by atoms with Crippen molar-refractivity contribution < 1.29 is 9.31 Å². The molecule has 2 nitrogen and oxygen atoms in total. The molecule has 27 heavy (non-hydrogen) atoms. The predicted octanol–water partition coefficient (Wildman–Crippen LogP) is 8.40. The van der Waals surface area contributed by atoms with Gasteiger partial charge < -0.3 is 9.31 Å². The molecule has 0 saturated heterocycles. The fraction of sp³-hybridized carbons (Fsp3) is 1.00. The van der Waals surface area contributed by atoms with Crippen LogP contribution in [0, 0.1) is 0 Å². The SMILES string of the molecule is CCCCCCCCCCCCO[B]OCCCCCCCCCCCC. The molecule has 161 valence electrons. The van der Waals surface area contributed by atoms with Crippen LogP contribution >= 0.6 is 0 Å². The fourth-order valence-electron chi connectivity index (χ4n) is 3.49. The molecule has 0 aromatic rings. The highest BCUT2D eigenvalue weighted by molar-refractivity contribution is 6.17. The van der Waals surface area contributed by atoms with E-state index in [4.69, 9.17) is 9.31 Å². The maximum atomic E-state index is 5.45. The lowest BCUT2D eigenvalue weighted by Gasteiger charge is -2.05. The zero-order chi connectivity index (χ0) is 19.7. The van der Waals surface area contributed by atoms with Crippen molar-refractivity contribution >= 4 is 7.69 Å². The largest absolute Gasteiger partial charge is 0.487 e. The molecule has 0 amide bonds. The summed E-state index contributed by atoms with van der Waals surface area (Å²) >= 11 is 0. The van der Waals surface area contributed by atoms with Crippen molar-refractivity contribution in [2.75, 3.05) is 13.2 Å². The van der Waals surface area contributed by atoms with Crippen molar-refractivity contribution in [2.24, 2.45) is 0 Å². The first-order chi connectivity index (χ1) is 13.4. The molecule has 0 aliphatic rings. The number of hydrogen-bond donors (Lipinski definition) is 0. The highest BCUT2D eigenvalue weighted by Crippen LogP contribution is 2.11. The summed E-state index contributed by atoms with van der Waals surface area (Å²) in [7, 11) is 1.57. The lowest BCUT2D eigenvalue weighted by atomic mass is 10.1. The molecule has 0 spiro atoms. The Hall–Kier alpha value is -0.0151. The maximum absolute atomic E-state index is 5.45. The van der Waals surface area contributed by atoms with Crippen LogP contribution in [0.3, 0.4) is 0 Å². The average Bonchev–Trinajstić information content (AvgIpc) is 2.68. The highest BCUT2D eigenvalue weighted by Gasteiger charge is 1.97. The summed E-state index contributed by atoms with van der Waals surface area (Å²) in [5.74, 6) is 0. The third kappa shape index (κ3) is 26.0. The summed E-state index contributed by atoms with van der Waals surface area (Å²) in [4.78, 5) is 0. The number of hydrogen-bond acceptors (Lipinski definition) is 2. The van der Waals surface area contributed by atoms with Crippen LogP contribution in [0.5, 0.6) is 0 Å². The van der Waals surface area contributed by atoms with Crippen molar-refractivity contribution in [1.82, 2.24) is 0 Å². The molecule has 0 aromatic heterocycles. The van der Waals surface area contributed by atoms with E-state index in [2.05, 4.69) is 13.8 Å². The van der Waals surface area contributed by atoms with Crippen LogP contribution in [0.2, 0.25) is 0 Å². The third-order valence-electron chi connectivity index (χ3n) is 5.37. The summed E-state index contributed by atoms with van der Waals surface area (Å²) in [6.45, 7) is 6.19. The summed E-state index contributed by atoms with van der Waals surface area (Å²) in [5.41, 5.74) is 0. The smallest absolute Gasteiger partial charge is 0.413 e. The maximum Gasteiger partial charge on any atom is 0.487 e. The van der Waals surface area contributed by atoms with E-state index in [1.54, 1.807) is 7.69 Å². The molecular weight excluding hydrogens is 331 g/mol. The van der Waals surface area contributed by atoms with E-state index in [0.29, 0.717) is 0 Å². The van der Waals surface area contributed by atoms with Crippen LogP contribution < -0.4 is 0 Å². The zero-order valence-corrected chi connectivity index (χ0v) is 19.0. The Balaban J connectivity index is 2.95. The number of rotatable bonds is 24. The van der Waals surface area contributed by atoms with Crippen molar-refractivity contribution in [1.29, 1.82) is 0 Å². The van der Waals surface area contributed by atoms with Crippen LogP contribution in [0.25, 0.3) is 0 Å². The zero-order valence-electron chi connectivity index (χ0n) is 19.0. The van der Waals surface area contributed by atoms with E-state index in [1.807, 2.05) is 0 Å². The molecule has 0 unspecified atom stereocenters. The van der Waals surface area contributed by atoms with E-state index in [-0.39, 0.29) is 0 Å². The topological polar surface area (TPSA) is 18.5 Å². The quantitative estimate of drug-likeness (QED) is 0.123. The Morgan fingerprint density at radius 3 is 0.926 bits per heavy atom. The summed E-state index contributed by atoms with van der Waals surface area (Å²) < 4.78 is 10.9. The Morgan fingerprint density at radius 1 is 0.370 bits per heavy atom. The molecular formula is C24H50BO2. The van der Waals surface area contributed by atoms with Crippen LogP contribution in [0.15, 0.2) is 0 Å². The van der Waals surface area contributed by atoms with Crippen molar-refractivity contribution in [3.63, 3.8) is 0 Å². The molecule has 0 fully saturated rings. The van der Waals surface area contributed by atoms with Crippen LogP contribution in [-0.2, 0) is 9.31 Å². The van der Waals surface area contributed by atoms with Gasteiger partial charge in [0, 0.05) is 13.2 Å². The van der Waals surface area contributed by atoms with Crippen LogP contribution in [0.1, 0.15) is 142 Å². The standard InChI is InChI=1S/C24H50BO2/c1-3-5-7-9-11-13-15-17-19-21-23-26-25-27-24-22-20-18-16-14-12-10-8-6-4-2/h3-24H2,1-2H3. The molecule has 0 aliphatic carbocycles. The number of unbranched alkanes of at least 4 members (excludes halogenated alkanes) is 18. The van der Waals surface area contributed by atoms with Crippen molar-refractivity contribution in [3.8, 4) is 0 Å². The predicted molar refractivity (Wildman–Crippen MR) is 121 cm³/mol. The van der Waals surface area contributed by atoms with E-state index < -0.39 is 0 Å². The van der Waals surface area contributed by atoms with Gasteiger partial charge in [0.05, 0.1) is 0 Å². The van der Waals surface area contributed by atoms with Gasteiger partial charge in [-0.2, -0.15) is 0 Å². The van der Waals surface area contributed by atoms with Crippen molar-refractivity contribution in [3.05, 3.63) is 0 Å². The Morgan fingerprint density at radius 2 is 0.630 bits per heavy atom. The highest BCUT2D eigenvalue weighted by atomic mass is 16.6. The van der Waals surface area contributed by atoms with E-state index in [9.17, 15) is 0 Å². The van der Waals surface area contributed by atoms with Gasteiger partial charge in [-0.15, -0.1) is 0 Å². The van der Waals surface area contributed by atoms with Gasteiger partial charge in [-0.25, -0.2) is 0 Å². The van der Waals surface area contributed by atoms with Gasteiger partial charge in [-0.05, 0) is 12.8 Å². The molecule has 0 heterocycles. The second kappa shape index (κ2) is 26.0. The normalized spacial score (nSPS) is 11.2. The monoisotopic (exact) mass is 381 g/mol. The minimum Gasteiger partial charge on any atom is -0.413 e. The lowest BCUT2D eigenvalue weighted by Crippen LogP contribution is -2.07.